The lowest BCUT2D eigenvalue weighted by atomic mass is 9.71. The van der Waals surface area contributed by atoms with E-state index >= 15 is 0 Å². The van der Waals surface area contributed by atoms with Gasteiger partial charge in [0.05, 0.1) is 38.0 Å². The second kappa shape index (κ2) is 8.60. The third-order valence-electron chi connectivity index (χ3n) is 7.58. The van der Waals surface area contributed by atoms with Gasteiger partial charge >= 0.3 is 0 Å². The van der Waals surface area contributed by atoms with Crippen LogP contribution in [0.5, 0.6) is 5.75 Å². The fourth-order valence-corrected chi connectivity index (χ4v) is 5.71. The Bertz CT molecular complexity index is 1300. The molecule has 1 aromatic heterocycles. The number of aliphatic hydroxyl groups is 1. The van der Waals surface area contributed by atoms with E-state index in [0.29, 0.717) is 25.3 Å². The molecule has 1 N–H and O–H groups in total. The van der Waals surface area contributed by atoms with Crippen molar-refractivity contribution in [1.82, 2.24) is 14.5 Å². The van der Waals surface area contributed by atoms with Crippen molar-refractivity contribution in [2.24, 2.45) is 16.5 Å². The molecule has 2 aromatic carbocycles. The predicted octanol–water partition coefficient (Wildman–Crippen LogP) is 3.40. The van der Waals surface area contributed by atoms with E-state index in [2.05, 4.69) is 27.2 Å². The Labute approximate surface area is 208 Å². The molecule has 0 amide bonds. The average Bonchev–Trinajstić information content (AvgIpc) is 3.47. The minimum absolute atomic E-state index is 0.0454. The van der Waals surface area contributed by atoms with Gasteiger partial charge < -0.3 is 28.9 Å². The zero-order valence-corrected chi connectivity index (χ0v) is 20.4. The molecule has 8 nitrogen and oxygen atoms in total. The van der Waals surface area contributed by atoms with Crippen LogP contribution in [0.3, 0.4) is 0 Å². The number of ether oxygens (including phenoxy) is 2. The Kier molecular flexibility index (Phi) is 5.49. The normalized spacial score (nSPS) is 24.2. The third-order valence-corrected chi connectivity index (χ3v) is 7.58. The van der Waals surface area contributed by atoms with Gasteiger partial charge in [0, 0.05) is 29.6 Å². The van der Waals surface area contributed by atoms with Crippen LogP contribution in [0, 0.1) is 24.1 Å². The van der Waals surface area contributed by atoms with E-state index in [4.69, 9.17) is 14.3 Å². The van der Waals surface area contributed by atoms with Gasteiger partial charge in [-0.2, -0.15) is 0 Å². The lowest BCUT2D eigenvalue weighted by Gasteiger charge is -2.53. The monoisotopic (exact) mass is 492 g/mol. The SMILES string of the molecule is COc1cc(CC2CC3(COC3)CN3C2=NOC3(CO)c2ccc(F)cc2)ccc1-n1cnc(C)c1. The summed E-state index contributed by atoms with van der Waals surface area (Å²) in [6.45, 7) is 3.61. The molecule has 2 fully saturated rings. The van der Waals surface area contributed by atoms with E-state index in [9.17, 15) is 9.50 Å². The minimum atomic E-state index is -1.18. The lowest BCUT2D eigenvalue weighted by molar-refractivity contribution is -0.186. The molecule has 36 heavy (non-hydrogen) atoms. The highest BCUT2D eigenvalue weighted by molar-refractivity contribution is 5.87. The van der Waals surface area contributed by atoms with Crippen LogP contribution >= 0.6 is 0 Å². The van der Waals surface area contributed by atoms with Crippen LogP contribution in [0.15, 0.2) is 60.1 Å². The first-order chi connectivity index (χ1) is 17.4. The van der Waals surface area contributed by atoms with Crippen LogP contribution in [0.25, 0.3) is 5.69 Å². The van der Waals surface area contributed by atoms with Crippen molar-refractivity contribution >= 4 is 5.84 Å². The largest absolute Gasteiger partial charge is 0.495 e. The molecular weight excluding hydrogens is 463 g/mol. The van der Waals surface area contributed by atoms with Gasteiger partial charge in [0.25, 0.3) is 5.72 Å². The van der Waals surface area contributed by atoms with Gasteiger partial charge in [0.1, 0.15) is 18.2 Å². The molecule has 9 heteroatoms. The fraction of sp³-hybridized carbons (Fsp3) is 0.407. The van der Waals surface area contributed by atoms with Crippen molar-refractivity contribution in [3.8, 4) is 11.4 Å². The molecule has 188 valence electrons. The van der Waals surface area contributed by atoms with Crippen molar-refractivity contribution in [1.29, 1.82) is 0 Å². The molecule has 6 rings (SSSR count). The number of rotatable bonds is 6. The van der Waals surface area contributed by atoms with Gasteiger partial charge in [-0.25, -0.2) is 9.37 Å². The van der Waals surface area contributed by atoms with E-state index in [0.717, 1.165) is 41.4 Å². The molecule has 2 saturated heterocycles. The van der Waals surface area contributed by atoms with Crippen LogP contribution in [-0.2, 0) is 21.7 Å². The molecule has 1 spiro atoms. The predicted molar refractivity (Wildman–Crippen MR) is 130 cm³/mol. The first kappa shape index (κ1) is 23.0. The van der Waals surface area contributed by atoms with Crippen molar-refractivity contribution < 1.29 is 23.8 Å². The summed E-state index contributed by atoms with van der Waals surface area (Å²) in [7, 11) is 1.67. The summed E-state index contributed by atoms with van der Waals surface area (Å²) in [5.41, 5.74) is 2.42. The van der Waals surface area contributed by atoms with Crippen LogP contribution in [0.4, 0.5) is 4.39 Å². The number of aryl methyl sites for hydroxylation is 1. The number of hydrogen-bond acceptors (Lipinski definition) is 7. The second-order valence-corrected chi connectivity index (χ2v) is 10.1. The zero-order chi connectivity index (χ0) is 24.9. The number of halogens is 1. The Hall–Kier alpha value is -3.43. The number of aromatic nitrogens is 2. The van der Waals surface area contributed by atoms with Crippen LogP contribution in [0.1, 0.15) is 23.2 Å². The van der Waals surface area contributed by atoms with Crippen LogP contribution < -0.4 is 4.74 Å². The number of oxime groups is 1. The summed E-state index contributed by atoms with van der Waals surface area (Å²) in [5.74, 6) is 1.29. The molecule has 2 unspecified atom stereocenters. The van der Waals surface area contributed by atoms with Gasteiger partial charge in [-0.3, -0.25) is 0 Å². The Morgan fingerprint density at radius 1 is 1.19 bits per heavy atom. The van der Waals surface area contributed by atoms with Gasteiger partial charge in [-0.15, -0.1) is 0 Å². The number of fused-ring (bicyclic) bond motifs is 1. The van der Waals surface area contributed by atoms with Gasteiger partial charge in [0.15, 0.2) is 5.84 Å². The molecule has 0 saturated carbocycles. The number of amidine groups is 1. The molecule has 3 aliphatic heterocycles. The second-order valence-electron chi connectivity index (χ2n) is 10.1. The van der Waals surface area contributed by atoms with Crippen LogP contribution in [0.2, 0.25) is 0 Å². The highest BCUT2D eigenvalue weighted by Crippen LogP contribution is 2.48. The summed E-state index contributed by atoms with van der Waals surface area (Å²) in [4.78, 5) is 12.4. The lowest BCUT2D eigenvalue weighted by Crippen LogP contribution is -2.63. The average molecular weight is 493 g/mol. The Morgan fingerprint density at radius 2 is 2.00 bits per heavy atom. The smallest absolute Gasteiger partial charge is 0.260 e. The Morgan fingerprint density at radius 3 is 2.64 bits per heavy atom. The van der Waals surface area contributed by atoms with E-state index in [1.807, 2.05) is 23.8 Å². The minimum Gasteiger partial charge on any atom is -0.495 e. The van der Waals surface area contributed by atoms with Crippen molar-refractivity contribution in [3.63, 3.8) is 0 Å². The highest BCUT2D eigenvalue weighted by Gasteiger charge is 2.57. The number of nitrogens with zero attached hydrogens (tertiary/aromatic N) is 4. The maximum atomic E-state index is 13.6. The van der Waals surface area contributed by atoms with Crippen molar-refractivity contribution in [3.05, 3.63) is 77.6 Å². The van der Waals surface area contributed by atoms with Gasteiger partial charge in [0.2, 0.25) is 0 Å². The van der Waals surface area contributed by atoms with Gasteiger partial charge in [-0.1, -0.05) is 11.2 Å². The maximum Gasteiger partial charge on any atom is 0.260 e. The number of piperidine rings is 1. The quantitative estimate of drug-likeness (QED) is 0.568. The molecule has 0 radical (unpaired) electrons. The summed E-state index contributed by atoms with van der Waals surface area (Å²) in [6.07, 6.45) is 5.37. The molecule has 0 aliphatic carbocycles. The summed E-state index contributed by atoms with van der Waals surface area (Å²) in [6, 6.07) is 12.3. The van der Waals surface area contributed by atoms with E-state index in [-0.39, 0.29) is 23.8 Å². The summed E-state index contributed by atoms with van der Waals surface area (Å²) < 4.78 is 27.0. The molecule has 3 aliphatic rings. The topological polar surface area (TPSA) is 81.3 Å². The number of hydrogen-bond donors (Lipinski definition) is 1. The van der Waals surface area contributed by atoms with Crippen LogP contribution in [-0.4, -0.2) is 58.9 Å². The van der Waals surface area contributed by atoms with Crippen molar-refractivity contribution in [2.75, 3.05) is 33.5 Å². The number of aliphatic hydroxyl groups excluding tert-OH is 1. The fourth-order valence-electron chi connectivity index (χ4n) is 5.71. The first-order valence-electron chi connectivity index (χ1n) is 12.1. The van der Waals surface area contributed by atoms with Crippen molar-refractivity contribution in [2.45, 2.75) is 25.5 Å². The molecule has 0 bridgehead atoms. The van der Waals surface area contributed by atoms with E-state index < -0.39 is 5.72 Å². The Balaban J connectivity index is 1.32. The standard InChI is InChI=1S/C27H29FN4O4/c1-18-12-31(17-29-18)23-8-3-19(10-24(23)34-2)9-20-11-26(15-35-16-26)13-32-25(20)30-36-27(32,14-33)21-4-6-22(28)7-5-21/h3-8,10,12,17,20,33H,9,11,13-16H2,1-2H3. The maximum absolute atomic E-state index is 13.6. The van der Waals surface area contributed by atoms with E-state index in [1.165, 1.54) is 12.1 Å². The third kappa shape index (κ3) is 3.65. The highest BCUT2D eigenvalue weighted by atomic mass is 19.1. The molecule has 2 atom stereocenters. The molecule has 4 heterocycles. The number of methoxy groups -OCH3 is 1. The summed E-state index contributed by atoms with van der Waals surface area (Å²) >= 11 is 0. The summed E-state index contributed by atoms with van der Waals surface area (Å²) in [5, 5.41) is 15.0. The first-order valence-corrected chi connectivity index (χ1v) is 12.1. The zero-order valence-electron chi connectivity index (χ0n) is 20.4. The number of benzene rings is 2. The number of imidazole rings is 1. The van der Waals surface area contributed by atoms with E-state index in [1.54, 1.807) is 25.6 Å². The van der Waals surface area contributed by atoms with Gasteiger partial charge in [-0.05, 0) is 61.7 Å². The molecular formula is C27H29FN4O4. The molecule has 3 aromatic rings.